The molecular weight excluding hydrogens is 176 g/mol. The zero-order valence-electron chi connectivity index (χ0n) is 7.27. The van der Waals surface area contributed by atoms with Crippen molar-refractivity contribution < 1.29 is 24.5 Å². The number of aliphatic carboxylic acids is 1. The molecule has 0 heterocycles. The van der Waals surface area contributed by atoms with E-state index < -0.39 is 18.0 Å². The van der Waals surface area contributed by atoms with Gasteiger partial charge in [0.15, 0.2) is 0 Å². The van der Waals surface area contributed by atoms with Crippen LogP contribution in [0.3, 0.4) is 0 Å². The van der Waals surface area contributed by atoms with Crippen LogP contribution >= 0.6 is 0 Å². The summed E-state index contributed by atoms with van der Waals surface area (Å²) < 4.78 is 4.66. The molecule has 0 aromatic rings. The molecular formula is C8H12O5. The first-order chi connectivity index (χ1) is 6.10. The summed E-state index contributed by atoms with van der Waals surface area (Å²) in [4.78, 5) is 20.8. The Labute approximate surface area is 75.6 Å². The number of esters is 1. The molecule has 5 nitrogen and oxygen atoms in total. The molecule has 0 radical (unpaired) electrons. The molecule has 0 aliphatic heterocycles. The van der Waals surface area contributed by atoms with Crippen LogP contribution in [0.4, 0.5) is 0 Å². The van der Waals surface area contributed by atoms with E-state index in [4.69, 9.17) is 10.2 Å². The summed E-state index contributed by atoms with van der Waals surface area (Å²) in [5.74, 6) is -1.97. The maximum atomic E-state index is 10.8. The molecule has 2 N–H and O–H groups in total. The minimum absolute atomic E-state index is 0.261. The first kappa shape index (κ1) is 11.6. The lowest BCUT2D eigenvalue weighted by Crippen LogP contribution is -2.19. The highest BCUT2D eigenvalue weighted by Gasteiger charge is 2.08. The van der Waals surface area contributed by atoms with Gasteiger partial charge in [-0.2, -0.15) is 0 Å². The average molecular weight is 188 g/mol. The van der Waals surface area contributed by atoms with Crippen molar-refractivity contribution in [3.8, 4) is 0 Å². The predicted molar refractivity (Wildman–Crippen MR) is 44.0 cm³/mol. The normalized spacial score (nSPS) is 12.8. The number of carboxylic acids is 1. The molecule has 0 aromatic heterocycles. The van der Waals surface area contributed by atoms with Crippen LogP contribution in [0.25, 0.3) is 0 Å². The molecule has 0 spiro atoms. The van der Waals surface area contributed by atoms with Crippen LogP contribution in [0.2, 0.25) is 0 Å². The summed E-state index contributed by atoms with van der Waals surface area (Å²) >= 11 is 0. The van der Waals surface area contributed by atoms with Crippen molar-refractivity contribution in [1.29, 1.82) is 0 Å². The molecule has 0 rings (SSSR count). The smallest absolute Gasteiger partial charge is 0.331 e. The van der Waals surface area contributed by atoms with Gasteiger partial charge in [0.2, 0.25) is 0 Å². The van der Waals surface area contributed by atoms with Crippen molar-refractivity contribution in [1.82, 2.24) is 0 Å². The van der Waals surface area contributed by atoms with Gasteiger partial charge in [0.05, 0.1) is 6.61 Å². The van der Waals surface area contributed by atoms with Gasteiger partial charge in [0, 0.05) is 12.2 Å². The van der Waals surface area contributed by atoms with Crippen LogP contribution in [0.5, 0.6) is 0 Å². The second kappa shape index (κ2) is 6.19. The van der Waals surface area contributed by atoms with E-state index in [-0.39, 0.29) is 6.61 Å². The molecule has 0 fully saturated rings. The van der Waals surface area contributed by atoms with Gasteiger partial charge >= 0.3 is 11.9 Å². The number of hydrogen-bond acceptors (Lipinski definition) is 4. The van der Waals surface area contributed by atoms with Crippen LogP contribution in [0.1, 0.15) is 13.3 Å². The van der Waals surface area contributed by atoms with E-state index in [1.807, 2.05) is 0 Å². The first-order valence-corrected chi connectivity index (χ1v) is 3.82. The van der Waals surface area contributed by atoms with Gasteiger partial charge in [-0.25, -0.2) is 9.59 Å². The lowest BCUT2D eigenvalue weighted by atomic mass is 10.3. The molecule has 0 saturated heterocycles. The molecule has 5 heteroatoms. The second-order valence-corrected chi connectivity index (χ2v) is 2.32. The Morgan fingerprint density at radius 3 is 2.46 bits per heavy atom. The predicted octanol–water partition coefficient (Wildman–Crippen LogP) is -0.0587. The van der Waals surface area contributed by atoms with Crippen molar-refractivity contribution in [2.24, 2.45) is 0 Å². The van der Waals surface area contributed by atoms with E-state index in [1.54, 1.807) is 6.92 Å². The highest BCUT2D eigenvalue weighted by Crippen LogP contribution is 1.97. The Kier molecular flexibility index (Phi) is 5.54. The van der Waals surface area contributed by atoms with Gasteiger partial charge in [-0.15, -0.1) is 0 Å². The Morgan fingerprint density at radius 1 is 1.46 bits per heavy atom. The summed E-state index contributed by atoms with van der Waals surface area (Å²) in [6, 6.07) is 0. The zero-order valence-corrected chi connectivity index (χ0v) is 7.27. The topological polar surface area (TPSA) is 83.8 Å². The fourth-order valence-corrected chi connectivity index (χ4v) is 0.593. The fraction of sp³-hybridized carbons (Fsp3) is 0.500. The van der Waals surface area contributed by atoms with Crippen LogP contribution in [-0.2, 0) is 14.3 Å². The van der Waals surface area contributed by atoms with Gasteiger partial charge in [0.1, 0.15) is 6.10 Å². The molecule has 1 atom stereocenters. The number of aliphatic hydroxyl groups excluding tert-OH is 1. The quantitative estimate of drug-likeness (QED) is 0.466. The first-order valence-electron chi connectivity index (χ1n) is 3.82. The molecule has 0 aliphatic rings. The lowest BCUT2D eigenvalue weighted by Gasteiger charge is -2.10. The summed E-state index contributed by atoms with van der Waals surface area (Å²) in [6.45, 7) is 1.48. The maximum absolute atomic E-state index is 10.8. The standard InChI is InChI=1S/C8H12O5/c1-2-6(5-9)13-8(12)4-3-7(10)11/h3-4,6,9H,2,5H2,1H3,(H,10,11)/b4-3+. The Bertz CT molecular complexity index is 205. The number of ether oxygens (including phenoxy) is 1. The largest absolute Gasteiger partial charge is 0.478 e. The SMILES string of the molecule is CCC(CO)OC(=O)/C=C/C(=O)O. The lowest BCUT2D eigenvalue weighted by molar-refractivity contribution is -0.145. The second-order valence-electron chi connectivity index (χ2n) is 2.32. The zero-order chi connectivity index (χ0) is 10.3. The molecule has 0 saturated carbocycles. The highest BCUT2D eigenvalue weighted by atomic mass is 16.5. The average Bonchev–Trinajstić information content (AvgIpc) is 2.10. The van der Waals surface area contributed by atoms with Crippen LogP contribution < -0.4 is 0 Å². The minimum Gasteiger partial charge on any atom is -0.478 e. The van der Waals surface area contributed by atoms with E-state index in [0.717, 1.165) is 6.08 Å². The number of aliphatic hydroxyl groups is 1. The van der Waals surface area contributed by atoms with Crippen LogP contribution in [0.15, 0.2) is 12.2 Å². The van der Waals surface area contributed by atoms with Crippen molar-refractivity contribution in [2.45, 2.75) is 19.4 Å². The molecule has 0 aromatic carbocycles. The summed E-state index contributed by atoms with van der Waals surface area (Å²) in [5.41, 5.74) is 0. The number of carbonyl (C=O) groups is 2. The molecule has 0 bridgehead atoms. The maximum Gasteiger partial charge on any atom is 0.331 e. The van der Waals surface area contributed by atoms with E-state index in [2.05, 4.69) is 4.74 Å². The van der Waals surface area contributed by atoms with Crippen molar-refractivity contribution in [3.05, 3.63) is 12.2 Å². The molecule has 0 amide bonds. The molecule has 74 valence electrons. The number of hydrogen-bond donors (Lipinski definition) is 2. The minimum atomic E-state index is -1.21. The highest BCUT2D eigenvalue weighted by molar-refractivity contribution is 5.90. The van der Waals surface area contributed by atoms with Gasteiger partial charge in [-0.3, -0.25) is 0 Å². The number of carbonyl (C=O) groups excluding carboxylic acids is 1. The number of rotatable bonds is 5. The Morgan fingerprint density at radius 2 is 2.08 bits per heavy atom. The van der Waals surface area contributed by atoms with Crippen molar-refractivity contribution in [3.63, 3.8) is 0 Å². The van der Waals surface area contributed by atoms with Gasteiger partial charge in [-0.1, -0.05) is 6.92 Å². The van der Waals surface area contributed by atoms with Crippen molar-refractivity contribution >= 4 is 11.9 Å². The molecule has 13 heavy (non-hydrogen) atoms. The van der Waals surface area contributed by atoms with E-state index >= 15 is 0 Å². The van der Waals surface area contributed by atoms with E-state index in [1.165, 1.54) is 0 Å². The number of carboxylic acid groups (broad SMARTS) is 1. The van der Waals surface area contributed by atoms with E-state index in [0.29, 0.717) is 12.5 Å². The van der Waals surface area contributed by atoms with Crippen LogP contribution in [-0.4, -0.2) is 34.9 Å². The van der Waals surface area contributed by atoms with Crippen molar-refractivity contribution in [2.75, 3.05) is 6.61 Å². The summed E-state index contributed by atoms with van der Waals surface area (Å²) in [7, 11) is 0. The third kappa shape index (κ3) is 5.86. The Hall–Kier alpha value is -1.36. The van der Waals surface area contributed by atoms with Gasteiger partial charge in [0.25, 0.3) is 0 Å². The molecule has 0 aliphatic carbocycles. The summed E-state index contributed by atoms with van der Waals surface area (Å²) in [5, 5.41) is 16.8. The Balaban J connectivity index is 3.92. The summed E-state index contributed by atoms with van der Waals surface area (Å²) in [6.07, 6.45) is 1.42. The van der Waals surface area contributed by atoms with Crippen LogP contribution in [0, 0.1) is 0 Å². The fourth-order valence-electron chi connectivity index (χ4n) is 0.593. The molecule has 1 unspecified atom stereocenters. The van der Waals surface area contributed by atoms with Gasteiger partial charge < -0.3 is 14.9 Å². The van der Waals surface area contributed by atoms with Gasteiger partial charge in [-0.05, 0) is 6.42 Å². The monoisotopic (exact) mass is 188 g/mol. The third-order valence-corrected chi connectivity index (χ3v) is 1.30. The third-order valence-electron chi connectivity index (χ3n) is 1.30. The van der Waals surface area contributed by atoms with E-state index in [9.17, 15) is 9.59 Å².